The molecule has 0 spiro atoms. The summed E-state index contributed by atoms with van der Waals surface area (Å²) in [5.74, 6) is -1.49. The summed E-state index contributed by atoms with van der Waals surface area (Å²) in [6.45, 7) is -0.129. The van der Waals surface area contributed by atoms with E-state index in [0.717, 1.165) is 0 Å². The van der Waals surface area contributed by atoms with Crippen molar-refractivity contribution in [2.24, 2.45) is 5.92 Å². The van der Waals surface area contributed by atoms with Crippen LogP contribution in [-0.2, 0) is 0 Å². The smallest absolute Gasteiger partial charge is 0.336 e. The second-order valence-electron chi connectivity index (χ2n) is 5.92. The Morgan fingerprint density at radius 3 is 2.78 bits per heavy atom. The number of aromatic carboxylic acids is 1. The van der Waals surface area contributed by atoms with Gasteiger partial charge in [-0.2, -0.15) is 0 Å². The number of benzene rings is 1. The summed E-state index contributed by atoms with van der Waals surface area (Å²) in [5.41, 5.74) is -1.31. The van der Waals surface area contributed by atoms with E-state index in [1.165, 1.54) is 23.5 Å². The molecule has 1 aromatic carbocycles. The van der Waals surface area contributed by atoms with Crippen LogP contribution >= 0.6 is 11.3 Å². The molecule has 0 unspecified atom stereocenters. The number of nitrogens with one attached hydrogen (secondary N) is 1. The number of rotatable bonds is 5. The van der Waals surface area contributed by atoms with Crippen molar-refractivity contribution in [3.8, 4) is 0 Å². The topological polar surface area (TPSA) is 86.6 Å². The second-order valence-corrected chi connectivity index (χ2v) is 7.01. The van der Waals surface area contributed by atoms with Gasteiger partial charge in [0.2, 0.25) is 0 Å². The van der Waals surface area contributed by atoms with E-state index < -0.39 is 17.5 Å². The highest BCUT2D eigenvalue weighted by Crippen LogP contribution is 2.40. The van der Waals surface area contributed by atoms with Gasteiger partial charge in [0.1, 0.15) is 5.67 Å². The predicted octanol–water partition coefficient (Wildman–Crippen LogP) is 2.44. The highest BCUT2D eigenvalue weighted by Gasteiger charge is 2.44. The molecule has 0 bridgehead atoms. The van der Waals surface area contributed by atoms with Crippen LogP contribution < -0.4 is 5.32 Å². The van der Waals surface area contributed by atoms with Gasteiger partial charge in [0.15, 0.2) is 0 Å². The van der Waals surface area contributed by atoms with E-state index in [1.54, 1.807) is 12.1 Å². The summed E-state index contributed by atoms with van der Waals surface area (Å²) in [7, 11) is 0. The molecule has 0 saturated heterocycles. The number of thiophene rings is 1. The molecule has 1 fully saturated rings. The van der Waals surface area contributed by atoms with Crippen molar-refractivity contribution in [2.45, 2.75) is 18.5 Å². The normalized spacial score (nSPS) is 23.5. The summed E-state index contributed by atoms with van der Waals surface area (Å²) in [4.78, 5) is 23.7. The molecule has 0 aliphatic heterocycles. The zero-order valence-corrected chi connectivity index (χ0v) is 13.0. The number of hydrogen-bond donors (Lipinski definition) is 3. The van der Waals surface area contributed by atoms with Gasteiger partial charge >= 0.3 is 5.97 Å². The molecule has 5 nitrogen and oxygen atoms in total. The van der Waals surface area contributed by atoms with Crippen molar-refractivity contribution < 1.29 is 24.2 Å². The third-order valence-electron chi connectivity index (χ3n) is 4.15. The van der Waals surface area contributed by atoms with Gasteiger partial charge in [0, 0.05) is 16.7 Å². The summed E-state index contributed by atoms with van der Waals surface area (Å²) in [6.07, 6.45) is 0.499. The third-order valence-corrected chi connectivity index (χ3v) is 5.25. The van der Waals surface area contributed by atoms with Gasteiger partial charge in [0.05, 0.1) is 17.0 Å². The van der Waals surface area contributed by atoms with Crippen molar-refractivity contribution in [3.63, 3.8) is 0 Å². The molecular formula is C16H16FNO4S. The van der Waals surface area contributed by atoms with Gasteiger partial charge in [-0.15, -0.1) is 11.3 Å². The molecule has 1 aliphatic rings. The lowest BCUT2D eigenvalue weighted by atomic mass is 9.72. The van der Waals surface area contributed by atoms with Gasteiger partial charge in [-0.1, -0.05) is 6.07 Å². The third kappa shape index (κ3) is 3.07. The molecule has 2 aromatic rings. The summed E-state index contributed by atoms with van der Waals surface area (Å²) < 4.78 is 14.9. The first-order valence-electron chi connectivity index (χ1n) is 7.26. The zero-order chi connectivity index (χ0) is 16.6. The monoisotopic (exact) mass is 337 g/mol. The average molecular weight is 337 g/mol. The molecule has 1 aliphatic carbocycles. The first-order valence-corrected chi connectivity index (χ1v) is 8.07. The second kappa shape index (κ2) is 5.90. The molecule has 23 heavy (non-hydrogen) atoms. The van der Waals surface area contributed by atoms with Crippen molar-refractivity contribution >= 4 is 33.3 Å². The van der Waals surface area contributed by atoms with Crippen LogP contribution in [0.4, 0.5) is 4.39 Å². The number of amides is 1. The number of carbonyl (C=O) groups excluding carboxylic acids is 1. The van der Waals surface area contributed by atoms with E-state index in [4.69, 9.17) is 10.2 Å². The van der Waals surface area contributed by atoms with Crippen LogP contribution in [0, 0.1) is 5.92 Å². The maximum absolute atomic E-state index is 14.2. The highest BCUT2D eigenvalue weighted by molar-refractivity contribution is 7.20. The molecule has 0 radical (unpaired) electrons. The van der Waals surface area contributed by atoms with Gasteiger partial charge in [0.25, 0.3) is 5.91 Å². The standard InChI is InChI=1S/C16H16FNO4S/c17-16(5-9(6-16)7-19)8-18-14(20)13-4-11-10(15(21)22)2-1-3-12(11)23-13/h1-4,9,19H,5-8H2,(H,18,20)(H,21,22). The molecule has 7 heteroatoms. The number of alkyl halides is 1. The lowest BCUT2D eigenvalue weighted by Crippen LogP contribution is -2.49. The van der Waals surface area contributed by atoms with E-state index in [2.05, 4.69) is 5.32 Å². The Balaban J connectivity index is 1.72. The fraction of sp³-hybridized carbons (Fsp3) is 0.375. The van der Waals surface area contributed by atoms with Crippen LogP contribution in [0.15, 0.2) is 24.3 Å². The number of fused-ring (bicyclic) bond motifs is 1. The molecular weight excluding hydrogens is 321 g/mol. The lowest BCUT2D eigenvalue weighted by Gasteiger charge is -2.40. The average Bonchev–Trinajstić information content (AvgIpc) is 2.93. The number of halogens is 1. The highest BCUT2D eigenvalue weighted by atomic mass is 32.1. The Morgan fingerprint density at radius 2 is 2.13 bits per heavy atom. The first-order chi connectivity index (χ1) is 10.9. The predicted molar refractivity (Wildman–Crippen MR) is 84.8 cm³/mol. The van der Waals surface area contributed by atoms with Crippen LogP contribution in [0.1, 0.15) is 32.9 Å². The number of hydrogen-bond acceptors (Lipinski definition) is 4. The number of aliphatic hydroxyl groups excluding tert-OH is 1. The number of carboxylic acid groups (broad SMARTS) is 1. The van der Waals surface area contributed by atoms with Crippen molar-refractivity contribution in [3.05, 3.63) is 34.7 Å². The van der Waals surface area contributed by atoms with Crippen LogP contribution in [0.2, 0.25) is 0 Å². The van der Waals surface area contributed by atoms with Gasteiger partial charge in [-0.05, 0) is 37.0 Å². The Morgan fingerprint density at radius 1 is 1.39 bits per heavy atom. The Kier molecular flexibility index (Phi) is 4.08. The van der Waals surface area contributed by atoms with E-state index in [9.17, 15) is 14.0 Å². The van der Waals surface area contributed by atoms with Gasteiger partial charge < -0.3 is 15.5 Å². The SMILES string of the molecule is O=C(NCC1(F)CC(CO)C1)c1cc2c(C(=O)O)cccc2s1. The molecule has 1 heterocycles. The largest absolute Gasteiger partial charge is 0.478 e. The zero-order valence-electron chi connectivity index (χ0n) is 12.2. The van der Waals surface area contributed by atoms with E-state index in [1.807, 2.05) is 0 Å². The molecule has 1 aromatic heterocycles. The fourth-order valence-electron chi connectivity index (χ4n) is 2.93. The molecule has 0 atom stereocenters. The minimum absolute atomic E-state index is 0.0284. The fourth-order valence-corrected chi connectivity index (χ4v) is 3.94. The Labute approximate surface area is 135 Å². The van der Waals surface area contributed by atoms with Crippen molar-refractivity contribution in [1.82, 2.24) is 5.32 Å². The van der Waals surface area contributed by atoms with Crippen LogP contribution in [-0.4, -0.2) is 40.9 Å². The number of carboxylic acids is 1. The summed E-state index contributed by atoms with van der Waals surface area (Å²) >= 11 is 1.18. The van der Waals surface area contributed by atoms with Gasteiger partial charge in [-0.3, -0.25) is 4.79 Å². The van der Waals surface area contributed by atoms with Gasteiger partial charge in [-0.25, -0.2) is 9.18 Å². The molecule has 1 saturated carbocycles. The lowest BCUT2D eigenvalue weighted by molar-refractivity contribution is -0.0160. The minimum atomic E-state index is -1.45. The van der Waals surface area contributed by atoms with Crippen LogP contribution in [0.25, 0.3) is 10.1 Å². The van der Waals surface area contributed by atoms with E-state index in [-0.39, 0.29) is 37.5 Å². The molecule has 3 rings (SSSR count). The first kappa shape index (κ1) is 15.9. The molecule has 1 amide bonds. The van der Waals surface area contributed by atoms with Crippen molar-refractivity contribution in [1.29, 1.82) is 0 Å². The Bertz CT molecular complexity index is 767. The summed E-state index contributed by atoms with van der Waals surface area (Å²) in [5, 5.41) is 21.2. The molecule has 3 N–H and O–H groups in total. The summed E-state index contributed by atoms with van der Waals surface area (Å²) in [6, 6.07) is 6.39. The number of carbonyl (C=O) groups is 2. The quantitative estimate of drug-likeness (QED) is 0.782. The van der Waals surface area contributed by atoms with E-state index in [0.29, 0.717) is 15.0 Å². The Hall–Kier alpha value is -1.99. The maximum Gasteiger partial charge on any atom is 0.336 e. The minimum Gasteiger partial charge on any atom is -0.478 e. The van der Waals surface area contributed by atoms with E-state index >= 15 is 0 Å². The molecule has 122 valence electrons. The number of aliphatic hydroxyl groups is 1. The van der Waals surface area contributed by atoms with Crippen LogP contribution in [0.3, 0.4) is 0 Å². The van der Waals surface area contributed by atoms with Crippen molar-refractivity contribution in [2.75, 3.05) is 13.2 Å². The maximum atomic E-state index is 14.2. The van der Waals surface area contributed by atoms with Crippen LogP contribution in [0.5, 0.6) is 0 Å².